The monoisotopic (exact) mass is 418 g/mol. The van der Waals surface area contributed by atoms with Crippen LogP contribution in [0, 0.1) is 5.82 Å². The topological polar surface area (TPSA) is 119 Å². The van der Waals surface area contributed by atoms with Crippen molar-refractivity contribution in [3.8, 4) is 5.88 Å². The number of ether oxygens (including phenoxy) is 1. The number of halogens is 2. The molecule has 0 amide bonds. The Bertz CT molecular complexity index is 1090. The molecule has 30 heavy (non-hydrogen) atoms. The van der Waals surface area contributed by atoms with Crippen LogP contribution in [0.15, 0.2) is 30.7 Å². The number of rotatable bonds is 6. The smallest absolute Gasteiger partial charge is 0.341 e. The Kier molecular flexibility index (Phi) is 5.20. The van der Waals surface area contributed by atoms with Crippen LogP contribution < -0.4 is 15.4 Å². The number of fused-ring (bicyclic) bond motifs is 1. The minimum Gasteiger partial charge on any atom is -0.477 e. The molecule has 3 aromatic rings. The third-order valence-corrected chi connectivity index (χ3v) is 4.98. The molecule has 1 aliphatic heterocycles. The molecule has 0 unspecified atom stereocenters. The normalized spacial score (nSPS) is 19.9. The Morgan fingerprint density at radius 3 is 3.00 bits per heavy atom. The first-order chi connectivity index (χ1) is 14.4. The number of aromatic nitrogens is 4. The van der Waals surface area contributed by atoms with Gasteiger partial charge in [-0.25, -0.2) is 28.1 Å². The second kappa shape index (κ2) is 7.82. The van der Waals surface area contributed by atoms with Gasteiger partial charge in [0.15, 0.2) is 5.65 Å². The van der Waals surface area contributed by atoms with E-state index >= 15 is 0 Å². The first-order valence-electron chi connectivity index (χ1n) is 9.38. The molecule has 158 valence electrons. The molecule has 4 rings (SSSR count). The molecule has 0 aromatic carbocycles. The van der Waals surface area contributed by atoms with Crippen LogP contribution >= 0.6 is 0 Å². The van der Waals surface area contributed by atoms with Crippen LogP contribution in [0.2, 0.25) is 0 Å². The highest BCUT2D eigenvalue weighted by atomic mass is 19.1. The fraction of sp³-hybridized carbons (Fsp3) is 0.368. The second-order valence-corrected chi connectivity index (χ2v) is 7.13. The lowest BCUT2D eigenvalue weighted by Gasteiger charge is -2.27. The Morgan fingerprint density at radius 2 is 2.27 bits per heavy atom. The van der Waals surface area contributed by atoms with Gasteiger partial charge in [-0.1, -0.05) is 0 Å². The molecular formula is C19H20F2N6O3. The van der Waals surface area contributed by atoms with Crippen molar-refractivity contribution in [2.45, 2.75) is 31.7 Å². The Morgan fingerprint density at radius 1 is 1.47 bits per heavy atom. The molecule has 1 fully saturated rings. The van der Waals surface area contributed by atoms with E-state index in [1.165, 1.54) is 16.8 Å². The summed E-state index contributed by atoms with van der Waals surface area (Å²) in [6, 6.07) is 2.27. The summed E-state index contributed by atoms with van der Waals surface area (Å²) in [4.78, 5) is 21.5. The van der Waals surface area contributed by atoms with Gasteiger partial charge in [0.05, 0.1) is 25.0 Å². The van der Waals surface area contributed by atoms with Crippen LogP contribution in [-0.2, 0) is 0 Å². The number of hydrogen-bond acceptors (Lipinski definition) is 7. The molecule has 3 atom stereocenters. The third-order valence-electron chi connectivity index (χ3n) is 4.98. The standard InChI is InChI=1S/C19H20F2N6O3/c1-10(6-22)30-18-13(4-11(20)7-23-18)15-5-12(21)9-26(15)16-2-3-27-17(25-16)14(8-24-27)19(28)29/h2-4,7-8,10,12,15H,5-6,9,22H2,1H3,(H,28,29)/t10-,12-,15+/m0/s1. The lowest BCUT2D eigenvalue weighted by molar-refractivity contribution is 0.0698. The molecule has 1 saturated heterocycles. The van der Waals surface area contributed by atoms with Gasteiger partial charge in [-0.3, -0.25) is 0 Å². The van der Waals surface area contributed by atoms with Crippen molar-refractivity contribution in [2.75, 3.05) is 18.0 Å². The van der Waals surface area contributed by atoms with Crippen molar-refractivity contribution in [3.05, 3.63) is 47.7 Å². The molecular weight excluding hydrogens is 398 g/mol. The highest BCUT2D eigenvalue weighted by Crippen LogP contribution is 2.40. The maximum Gasteiger partial charge on any atom is 0.341 e. The number of pyridine rings is 1. The van der Waals surface area contributed by atoms with Gasteiger partial charge in [-0.05, 0) is 19.1 Å². The van der Waals surface area contributed by atoms with Crippen LogP contribution in [0.5, 0.6) is 5.88 Å². The Hall–Kier alpha value is -3.34. The van der Waals surface area contributed by atoms with Crippen molar-refractivity contribution in [3.63, 3.8) is 0 Å². The average Bonchev–Trinajstić information content (AvgIpc) is 3.32. The van der Waals surface area contributed by atoms with E-state index in [4.69, 9.17) is 10.5 Å². The van der Waals surface area contributed by atoms with E-state index in [-0.39, 0.29) is 42.7 Å². The number of carboxylic acid groups (broad SMARTS) is 1. The molecule has 0 aliphatic carbocycles. The van der Waals surface area contributed by atoms with E-state index < -0.39 is 24.0 Å². The van der Waals surface area contributed by atoms with Crippen molar-refractivity contribution >= 4 is 17.4 Å². The Labute approximate surface area is 170 Å². The molecule has 0 radical (unpaired) electrons. The molecule has 0 bridgehead atoms. The largest absolute Gasteiger partial charge is 0.477 e. The molecule has 3 N–H and O–H groups in total. The van der Waals surface area contributed by atoms with Gasteiger partial charge in [0.1, 0.15) is 29.5 Å². The average molecular weight is 418 g/mol. The lowest BCUT2D eigenvalue weighted by atomic mass is 10.1. The zero-order valence-corrected chi connectivity index (χ0v) is 16.1. The number of carbonyl (C=O) groups is 1. The van der Waals surface area contributed by atoms with Gasteiger partial charge in [-0.2, -0.15) is 5.10 Å². The summed E-state index contributed by atoms with van der Waals surface area (Å²) >= 11 is 0. The molecule has 11 heteroatoms. The van der Waals surface area contributed by atoms with Gasteiger partial charge in [-0.15, -0.1) is 0 Å². The Balaban J connectivity index is 1.76. The number of carboxylic acids is 1. The predicted octanol–water partition coefficient (Wildman–Crippen LogP) is 1.98. The zero-order chi connectivity index (χ0) is 21.4. The van der Waals surface area contributed by atoms with E-state index in [0.717, 1.165) is 6.20 Å². The highest BCUT2D eigenvalue weighted by Gasteiger charge is 2.37. The summed E-state index contributed by atoms with van der Waals surface area (Å²) in [7, 11) is 0. The van der Waals surface area contributed by atoms with E-state index in [0.29, 0.717) is 11.4 Å². The minimum absolute atomic E-state index is 0.00672. The quantitative estimate of drug-likeness (QED) is 0.624. The molecule has 3 aromatic heterocycles. The molecule has 0 spiro atoms. The van der Waals surface area contributed by atoms with Crippen molar-refractivity contribution in [2.24, 2.45) is 5.73 Å². The zero-order valence-electron chi connectivity index (χ0n) is 16.1. The van der Waals surface area contributed by atoms with E-state index in [9.17, 15) is 18.7 Å². The summed E-state index contributed by atoms with van der Waals surface area (Å²) in [5, 5.41) is 13.3. The summed E-state index contributed by atoms with van der Waals surface area (Å²) < 4.78 is 35.5. The van der Waals surface area contributed by atoms with Crippen LogP contribution in [0.1, 0.15) is 35.3 Å². The lowest BCUT2D eigenvalue weighted by Crippen LogP contribution is -2.27. The van der Waals surface area contributed by atoms with Gasteiger partial charge in [0.25, 0.3) is 0 Å². The summed E-state index contributed by atoms with van der Waals surface area (Å²) in [5.41, 5.74) is 6.05. The summed E-state index contributed by atoms with van der Waals surface area (Å²) in [6.07, 6.45) is 2.30. The summed E-state index contributed by atoms with van der Waals surface area (Å²) in [5.74, 6) is -1.23. The first kappa shape index (κ1) is 20.0. The maximum atomic E-state index is 14.5. The SMILES string of the molecule is C[C@@H](CN)Oc1ncc(F)cc1[C@H]1C[C@H](F)CN1c1ccn2ncc(C(=O)O)c2n1. The number of anilines is 1. The number of nitrogens with zero attached hydrogens (tertiary/aromatic N) is 5. The number of alkyl halides is 1. The van der Waals surface area contributed by atoms with Gasteiger partial charge in [0.2, 0.25) is 5.88 Å². The number of hydrogen-bond donors (Lipinski definition) is 2. The van der Waals surface area contributed by atoms with Gasteiger partial charge >= 0.3 is 5.97 Å². The number of aromatic carboxylic acids is 1. The van der Waals surface area contributed by atoms with E-state index in [1.54, 1.807) is 24.1 Å². The molecule has 1 aliphatic rings. The van der Waals surface area contributed by atoms with Crippen molar-refractivity contribution < 1.29 is 23.4 Å². The first-order valence-corrected chi connectivity index (χ1v) is 9.38. The van der Waals surface area contributed by atoms with Crippen LogP contribution in [0.25, 0.3) is 5.65 Å². The summed E-state index contributed by atoms with van der Waals surface area (Å²) in [6.45, 7) is 1.99. The fourth-order valence-electron chi connectivity index (χ4n) is 3.52. The van der Waals surface area contributed by atoms with Gasteiger partial charge in [0, 0.05) is 24.7 Å². The fourth-order valence-corrected chi connectivity index (χ4v) is 3.52. The molecule has 9 nitrogen and oxygen atoms in total. The highest BCUT2D eigenvalue weighted by molar-refractivity contribution is 5.94. The van der Waals surface area contributed by atoms with Crippen LogP contribution in [-0.4, -0.2) is 56.0 Å². The van der Waals surface area contributed by atoms with Crippen molar-refractivity contribution in [1.29, 1.82) is 0 Å². The van der Waals surface area contributed by atoms with Crippen LogP contribution in [0.3, 0.4) is 0 Å². The van der Waals surface area contributed by atoms with Crippen LogP contribution in [0.4, 0.5) is 14.6 Å². The third kappa shape index (κ3) is 3.63. The van der Waals surface area contributed by atoms with E-state index in [1.807, 2.05) is 0 Å². The maximum absolute atomic E-state index is 14.5. The molecule has 4 heterocycles. The number of nitrogens with two attached hydrogens (primary N) is 1. The predicted molar refractivity (Wildman–Crippen MR) is 103 cm³/mol. The van der Waals surface area contributed by atoms with Crippen molar-refractivity contribution in [1.82, 2.24) is 19.6 Å². The molecule has 0 saturated carbocycles. The van der Waals surface area contributed by atoms with E-state index in [2.05, 4.69) is 15.1 Å². The minimum atomic E-state index is -1.19. The van der Waals surface area contributed by atoms with Gasteiger partial charge < -0.3 is 20.5 Å². The second-order valence-electron chi connectivity index (χ2n) is 7.13.